The van der Waals surface area contributed by atoms with Gasteiger partial charge in [-0.25, -0.2) is 4.79 Å². The highest BCUT2D eigenvalue weighted by Gasteiger charge is 2.33. The number of fused-ring (bicyclic) bond motifs is 1. The summed E-state index contributed by atoms with van der Waals surface area (Å²) in [6.07, 6.45) is 9.17. The van der Waals surface area contributed by atoms with Gasteiger partial charge in [0.05, 0.1) is 6.04 Å². The Balaban J connectivity index is 1.46. The van der Waals surface area contributed by atoms with Crippen LogP contribution in [0.25, 0.3) is 0 Å². The van der Waals surface area contributed by atoms with E-state index in [0.717, 1.165) is 57.0 Å². The lowest BCUT2D eigenvalue weighted by atomic mass is 10.0. The van der Waals surface area contributed by atoms with Gasteiger partial charge in [0.2, 0.25) is 0 Å². The summed E-state index contributed by atoms with van der Waals surface area (Å²) in [6.45, 7) is 2.63. The zero-order valence-electron chi connectivity index (χ0n) is 14.2. The third-order valence-electron chi connectivity index (χ3n) is 5.45. The van der Waals surface area contributed by atoms with E-state index in [1.807, 2.05) is 16.7 Å². The first-order chi connectivity index (χ1) is 11.8. The topological polar surface area (TPSA) is 63.1 Å². The van der Waals surface area contributed by atoms with Crippen LogP contribution in [0.3, 0.4) is 0 Å². The Kier molecular flexibility index (Phi) is 4.96. The Bertz CT molecular complexity index is 584. The van der Waals surface area contributed by atoms with Crippen molar-refractivity contribution in [3.05, 3.63) is 11.6 Å². The summed E-state index contributed by atoms with van der Waals surface area (Å²) in [4.78, 5) is 14.8. The normalized spacial score (nSPS) is 27.1. The molecule has 1 aromatic rings. The van der Waals surface area contributed by atoms with Crippen LogP contribution in [0.15, 0.2) is 0 Å². The molecule has 2 saturated heterocycles. The Hall–Kier alpha value is -1.24. The summed E-state index contributed by atoms with van der Waals surface area (Å²) in [6, 6.07) is 0.176. The number of piperidine rings is 1. The van der Waals surface area contributed by atoms with Crippen molar-refractivity contribution in [3.63, 3.8) is 0 Å². The van der Waals surface area contributed by atoms with Crippen LogP contribution in [0.4, 0.5) is 4.79 Å². The zero-order chi connectivity index (χ0) is 16.4. The first kappa shape index (κ1) is 16.2. The number of aromatic nitrogens is 3. The third-order valence-corrected chi connectivity index (χ3v) is 6.85. The maximum absolute atomic E-state index is 12.8. The molecule has 0 aromatic carbocycles. The summed E-state index contributed by atoms with van der Waals surface area (Å²) in [5, 5.41) is 12.6. The summed E-state index contributed by atoms with van der Waals surface area (Å²) >= 11 is 1.99. The number of hydrogen-bond acceptors (Lipinski definition) is 4. The fourth-order valence-corrected chi connectivity index (χ4v) is 5.33. The lowest BCUT2D eigenvalue weighted by molar-refractivity contribution is 0.145. The molecule has 2 unspecified atom stereocenters. The third kappa shape index (κ3) is 3.27. The molecule has 24 heavy (non-hydrogen) atoms. The van der Waals surface area contributed by atoms with Crippen LogP contribution in [0.1, 0.15) is 62.6 Å². The number of thioether (sulfide) groups is 1. The standard InChI is InChI=1S/C17H27N5OS/c23-17(18-12-13-6-5-11-24-13)21-9-3-1-7-14(21)16-20-19-15-8-2-4-10-22(15)16/h13-14H,1-12H2,(H,18,23). The molecule has 1 N–H and O–H groups in total. The maximum Gasteiger partial charge on any atom is 0.318 e. The second kappa shape index (κ2) is 7.33. The number of urea groups is 1. The smallest absolute Gasteiger partial charge is 0.318 e. The summed E-state index contributed by atoms with van der Waals surface area (Å²) in [5.41, 5.74) is 0. The molecule has 2 amide bonds. The van der Waals surface area contributed by atoms with Crippen LogP contribution in [-0.2, 0) is 13.0 Å². The summed E-state index contributed by atoms with van der Waals surface area (Å²) in [7, 11) is 0. The Labute approximate surface area is 147 Å². The highest BCUT2D eigenvalue weighted by Crippen LogP contribution is 2.32. The van der Waals surface area contributed by atoms with Gasteiger partial charge in [0, 0.05) is 31.3 Å². The molecule has 132 valence electrons. The van der Waals surface area contributed by atoms with Gasteiger partial charge >= 0.3 is 6.03 Å². The predicted octanol–water partition coefficient (Wildman–Crippen LogP) is 2.75. The van der Waals surface area contributed by atoms with Gasteiger partial charge in [0.1, 0.15) is 5.82 Å². The average molecular weight is 350 g/mol. The predicted molar refractivity (Wildman–Crippen MR) is 95.1 cm³/mol. The Morgan fingerprint density at radius 2 is 2.04 bits per heavy atom. The highest BCUT2D eigenvalue weighted by molar-refractivity contribution is 8.00. The number of carbonyl (C=O) groups is 1. The quantitative estimate of drug-likeness (QED) is 0.911. The molecule has 3 aliphatic heterocycles. The van der Waals surface area contributed by atoms with E-state index >= 15 is 0 Å². The molecule has 2 atom stereocenters. The van der Waals surface area contributed by atoms with Crippen molar-refractivity contribution < 1.29 is 4.79 Å². The molecule has 2 fully saturated rings. The minimum Gasteiger partial charge on any atom is -0.337 e. The van der Waals surface area contributed by atoms with Crippen LogP contribution in [0, 0.1) is 0 Å². The van der Waals surface area contributed by atoms with Gasteiger partial charge in [0.15, 0.2) is 5.82 Å². The Morgan fingerprint density at radius 1 is 1.12 bits per heavy atom. The van der Waals surface area contributed by atoms with Crippen molar-refractivity contribution in [1.82, 2.24) is 25.0 Å². The van der Waals surface area contributed by atoms with Crippen LogP contribution in [0.5, 0.6) is 0 Å². The number of rotatable bonds is 3. The van der Waals surface area contributed by atoms with E-state index in [1.165, 1.54) is 31.4 Å². The molecule has 3 aliphatic rings. The number of carbonyl (C=O) groups excluding carboxylic acids is 1. The minimum atomic E-state index is 0.0837. The highest BCUT2D eigenvalue weighted by atomic mass is 32.2. The van der Waals surface area contributed by atoms with E-state index < -0.39 is 0 Å². The molecule has 0 radical (unpaired) electrons. The Morgan fingerprint density at radius 3 is 2.92 bits per heavy atom. The molecule has 1 aromatic heterocycles. The number of nitrogens with zero attached hydrogens (tertiary/aromatic N) is 4. The second-order valence-corrected chi connectivity index (χ2v) is 8.52. The number of likely N-dealkylation sites (tertiary alicyclic amines) is 1. The van der Waals surface area contributed by atoms with Crippen LogP contribution < -0.4 is 5.32 Å². The van der Waals surface area contributed by atoms with E-state index in [4.69, 9.17) is 0 Å². The maximum atomic E-state index is 12.8. The molecule has 0 bridgehead atoms. The minimum absolute atomic E-state index is 0.0837. The molecule has 6 nitrogen and oxygen atoms in total. The zero-order valence-corrected chi connectivity index (χ0v) is 15.1. The lowest BCUT2D eigenvalue weighted by Crippen LogP contribution is -2.46. The number of aryl methyl sites for hydroxylation is 1. The van der Waals surface area contributed by atoms with Gasteiger partial charge in [-0.3, -0.25) is 0 Å². The molecule has 7 heteroatoms. The van der Waals surface area contributed by atoms with Crippen molar-refractivity contribution in [3.8, 4) is 0 Å². The van der Waals surface area contributed by atoms with Crippen molar-refractivity contribution in [2.45, 2.75) is 69.2 Å². The number of amides is 2. The first-order valence-electron chi connectivity index (χ1n) is 9.41. The van der Waals surface area contributed by atoms with Crippen molar-refractivity contribution >= 4 is 17.8 Å². The van der Waals surface area contributed by atoms with Gasteiger partial charge < -0.3 is 14.8 Å². The summed E-state index contributed by atoms with van der Waals surface area (Å²) < 4.78 is 2.27. The van der Waals surface area contributed by atoms with E-state index in [-0.39, 0.29) is 12.1 Å². The lowest BCUT2D eigenvalue weighted by Gasteiger charge is -2.35. The van der Waals surface area contributed by atoms with E-state index in [0.29, 0.717) is 5.25 Å². The van der Waals surface area contributed by atoms with E-state index in [2.05, 4.69) is 20.1 Å². The van der Waals surface area contributed by atoms with E-state index in [1.54, 1.807) is 0 Å². The van der Waals surface area contributed by atoms with E-state index in [9.17, 15) is 4.79 Å². The molecule has 4 heterocycles. The van der Waals surface area contributed by atoms with Gasteiger partial charge in [-0.1, -0.05) is 0 Å². The van der Waals surface area contributed by atoms with Crippen molar-refractivity contribution in [2.75, 3.05) is 18.8 Å². The second-order valence-electron chi connectivity index (χ2n) is 7.11. The molecule has 0 saturated carbocycles. The average Bonchev–Trinajstić information content (AvgIpc) is 3.29. The van der Waals surface area contributed by atoms with Crippen LogP contribution in [0.2, 0.25) is 0 Å². The van der Waals surface area contributed by atoms with Gasteiger partial charge in [-0.2, -0.15) is 11.8 Å². The monoisotopic (exact) mass is 349 g/mol. The number of nitrogens with one attached hydrogen (secondary N) is 1. The molecule has 0 spiro atoms. The first-order valence-corrected chi connectivity index (χ1v) is 10.5. The molecule has 4 rings (SSSR count). The molecule has 0 aliphatic carbocycles. The SMILES string of the molecule is O=C(NCC1CCCS1)N1CCCCC1c1nnc2n1CCCC2. The van der Waals surface area contributed by atoms with Crippen LogP contribution in [-0.4, -0.2) is 49.8 Å². The van der Waals surface area contributed by atoms with Gasteiger partial charge in [0.25, 0.3) is 0 Å². The largest absolute Gasteiger partial charge is 0.337 e. The number of hydrogen-bond donors (Lipinski definition) is 1. The van der Waals surface area contributed by atoms with Crippen molar-refractivity contribution in [2.24, 2.45) is 0 Å². The fraction of sp³-hybridized carbons (Fsp3) is 0.824. The van der Waals surface area contributed by atoms with Crippen LogP contribution >= 0.6 is 11.8 Å². The van der Waals surface area contributed by atoms with Gasteiger partial charge in [-0.05, 0) is 50.7 Å². The fourth-order valence-electron chi connectivity index (χ4n) is 4.13. The molecular weight excluding hydrogens is 322 g/mol. The molecular formula is C17H27N5OS. The summed E-state index contributed by atoms with van der Waals surface area (Å²) in [5.74, 6) is 3.35. The van der Waals surface area contributed by atoms with Crippen molar-refractivity contribution in [1.29, 1.82) is 0 Å². The van der Waals surface area contributed by atoms with Gasteiger partial charge in [-0.15, -0.1) is 10.2 Å².